The zero-order valence-electron chi connectivity index (χ0n) is 12.8. The maximum Gasteiger partial charge on any atom is 0.296 e. The van der Waals surface area contributed by atoms with Crippen molar-refractivity contribution in [2.45, 2.75) is 5.72 Å². The molecule has 0 radical (unpaired) electrons. The molecule has 9 heteroatoms. The Balaban J connectivity index is 2.76. The van der Waals surface area contributed by atoms with Gasteiger partial charge < -0.3 is 19.3 Å². The van der Waals surface area contributed by atoms with Crippen molar-refractivity contribution in [3.8, 4) is 0 Å². The molecule has 9 nitrogen and oxygen atoms in total. The summed E-state index contributed by atoms with van der Waals surface area (Å²) in [6.45, 7) is 0. The van der Waals surface area contributed by atoms with Gasteiger partial charge in [0.1, 0.15) is 5.57 Å². The molecule has 3 amide bonds. The van der Waals surface area contributed by atoms with E-state index >= 15 is 0 Å². The third-order valence-electron chi connectivity index (χ3n) is 3.71. The van der Waals surface area contributed by atoms with E-state index in [-0.39, 0.29) is 17.3 Å². The van der Waals surface area contributed by atoms with Crippen molar-refractivity contribution < 1.29 is 33.7 Å². The fourth-order valence-corrected chi connectivity index (χ4v) is 2.52. The molecular weight excluding hydrogens is 296 g/mol. The van der Waals surface area contributed by atoms with Crippen LogP contribution in [-0.4, -0.2) is 73.8 Å². The molecule has 0 spiro atoms. The fraction of sp³-hybridized carbons (Fsp3) is 0.462. The Hall–Kier alpha value is -2.55. The van der Waals surface area contributed by atoms with E-state index in [9.17, 15) is 19.5 Å². The molecule has 2 aliphatic heterocycles. The topological polar surface area (TPSA) is 106 Å². The number of nitrogens with zero attached hydrogens (tertiary/aromatic N) is 2. The molecule has 0 bridgehead atoms. The Labute approximate surface area is 126 Å². The van der Waals surface area contributed by atoms with Gasteiger partial charge in [0, 0.05) is 14.1 Å². The van der Waals surface area contributed by atoms with Crippen LogP contribution in [0, 0.1) is 0 Å². The van der Waals surface area contributed by atoms with Crippen molar-refractivity contribution in [2.24, 2.45) is 0 Å². The van der Waals surface area contributed by atoms with E-state index < -0.39 is 29.0 Å². The van der Waals surface area contributed by atoms with Crippen molar-refractivity contribution in [2.75, 3.05) is 35.4 Å². The largest absolute Gasteiger partial charge is 0.492 e. The summed E-state index contributed by atoms with van der Waals surface area (Å²) in [6.07, 6.45) is 0. The van der Waals surface area contributed by atoms with Crippen LogP contribution in [0.2, 0.25) is 0 Å². The molecule has 1 unspecified atom stereocenters. The molecule has 0 aromatic rings. The van der Waals surface area contributed by atoms with Gasteiger partial charge in [-0.3, -0.25) is 24.2 Å². The molecule has 0 aromatic heterocycles. The molecule has 0 saturated carbocycles. The fourth-order valence-electron chi connectivity index (χ4n) is 2.52. The van der Waals surface area contributed by atoms with Crippen molar-refractivity contribution in [3.05, 3.63) is 22.9 Å². The Morgan fingerprint density at radius 2 is 1.41 bits per heavy atom. The standard InChI is InChI=1S/C13H16N2O7/c1-14-10(16)6(7(20-3)11(14)17)13(19)9(22-5)8(21-4)12(18)15(13)2/h19H,1-5H3. The predicted molar refractivity (Wildman–Crippen MR) is 70.6 cm³/mol. The Morgan fingerprint density at radius 1 is 0.864 bits per heavy atom. The second-order valence-corrected chi connectivity index (χ2v) is 4.68. The number of amides is 3. The Kier molecular flexibility index (Phi) is 3.61. The van der Waals surface area contributed by atoms with Crippen LogP contribution in [0.15, 0.2) is 22.9 Å². The molecular formula is C13H16N2O7. The van der Waals surface area contributed by atoms with E-state index in [1.807, 2.05) is 0 Å². The van der Waals surface area contributed by atoms with Crippen molar-refractivity contribution in [1.82, 2.24) is 9.80 Å². The maximum absolute atomic E-state index is 12.3. The number of carbonyl (C=O) groups is 3. The number of hydrogen-bond acceptors (Lipinski definition) is 7. The number of hydrogen-bond donors (Lipinski definition) is 1. The third-order valence-corrected chi connectivity index (χ3v) is 3.71. The van der Waals surface area contributed by atoms with Gasteiger partial charge in [0.05, 0.1) is 21.3 Å². The van der Waals surface area contributed by atoms with Gasteiger partial charge in [-0.05, 0) is 0 Å². The van der Waals surface area contributed by atoms with Gasteiger partial charge in [-0.25, -0.2) is 0 Å². The second-order valence-electron chi connectivity index (χ2n) is 4.68. The zero-order chi connectivity index (χ0) is 16.8. The minimum absolute atomic E-state index is 0.259. The summed E-state index contributed by atoms with van der Waals surface area (Å²) in [5.74, 6) is -3.12. The summed E-state index contributed by atoms with van der Waals surface area (Å²) in [4.78, 5) is 38.1. The molecule has 2 aliphatic rings. The molecule has 1 atom stereocenters. The van der Waals surface area contributed by atoms with Gasteiger partial charge in [-0.2, -0.15) is 0 Å². The molecule has 0 aromatic carbocycles. The summed E-state index contributed by atoms with van der Waals surface area (Å²) < 4.78 is 15.0. The highest BCUT2D eigenvalue weighted by Gasteiger charge is 2.60. The van der Waals surface area contributed by atoms with Crippen LogP contribution in [0.1, 0.15) is 0 Å². The lowest BCUT2D eigenvalue weighted by Crippen LogP contribution is -2.50. The van der Waals surface area contributed by atoms with Crippen LogP contribution in [-0.2, 0) is 28.6 Å². The highest BCUT2D eigenvalue weighted by Crippen LogP contribution is 2.42. The predicted octanol–water partition coefficient (Wildman–Crippen LogP) is -1.45. The SMILES string of the molecule is COC1=C(OC)C(O)(C2=C(OC)C(=O)N(C)C2=O)N(C)C1=O. The minimum atomic E-state index is -2.29. The van der Waals surface area contributed by atoms with Crippen molar-refractivity contribution >= 4 is 17.7 Å². The Bertz CT molecular complexity index is 636. The van der Waals surface area contributed by atoms with E-state index in [1.165, 1.54) is 35.4 Å². The quantitative estimate of drug-likeness (QED) is 0.633. The van der Waals surface area contributed by atoms with Gasteiger partial charge >= 0.3 is 0 Å². The van der Waals surface area contributed by atoms with Crippen LogP contribution in [0.25, 0.3) is 0 Å². The molecule has 1 N–H and O–H groups in total. The normalized spacial score (nSPS) is 25.6. The average molecular weight is 312 g/mol. The summed E-state index contributed by atoms with van der Waals surface area (Å²) in [5, 5.41) is 11.0. The van der Waals surface area contributed by atoms with Crippen LogP contribution < -0.4 is 0 Å². The van der Waals surface area contributed by atoms with E-state index in [0.717, 1.165) is 9.80 Å². The van der Waals surface area contributed by atoms with Gasteiger partial charge in [0.15, 0.2) is 5.76 Å². The molecule has 0 saturated heterocycles. The van der Waals surface area contributed by atoms with Gasteiger partial charge in [0.2, 0.25) is 17.2 Å². The van der Waals surface area contributed by atoms with Crippen molar-refractivity contribution in [1.29, 1.82) is 0 Å². The molecule has 120 valence electrons. The lowest BCUT2D eigenvalue weighted by atomic mass is 10.00. The summed E-state index contributed by atoms with van der Waals surface area (Å²) in [7, 11) is 6.12. The first-order valence-electron chi connectivity index (χ1n) is 6.21. The van der Waals surface area contributed by atoms with Crippen LogP contribution in [0.3, 0.4) is 0 Å². The summed E-state index contributed by atoms with van der Waals surface area (Å²) in [5.41, 5.74) is -2.69. The third kappa shape index (κ3) is 1.65. The monoisotopic (exact) mass is 312 g/mol. The zero-order valence-corrected chi connectivity index (χ0v) is 12.8. The molecule has 2 heterocycles. The van der Waals surface area contributed by atoms with E-state index in [1.54, 1.807) is 0 Å². The summed E-state index contributed by atoms with van der Waals surface area (Å²) in [6, 6.07) is 0. The number of aliphatic hydroxyl groups is 1. The lowest BCUT2D eigenvalue weighted by molar-refractivity contribution is -0.143. The maximum atomic E-state index is 12.3. The van der Waals surface area contributed by atoms with Crippen LogP contribution in [0.4, 0.5) is 0 Å². The van der Waals surface area contributed by atoms with E-state index in [0.29, 0.717) is 0 Å². The molecule has 0 aliphatic carbocycles. The van der Waals surface area contributed by atoms with Crippen LogP contribution in [0.5, 0.6) is 0 Å². The van der Waals surface area contributed by atoms with Crippen LogP contribution >= 0.6 is 0 Å². The number of methoxy groups -OCH3 is 3. The van der Waals surface area contributed by atoms with Crippen molar-refractivity contribution in [3.63, 3.8) is 0 Å². The van der Waals surface area contributed by atoms with Gasteiger partial charge in [-0.1, -0.05) is 0 Å². The van der Waals surface area contributed by atoms with E-state index in [4.69, 9.17) is 14.2 Å². The smallest absolute Gasteiger partial charge is 0.296 e. The first-order chi connectivity index (χ1) is 10.3. The average Bonchev–Trinajstić information content (AvgIpc) is 2.84. The number of rotatable bonds is 4. The first kappa shape index (κ1) is 15.8. The van der Waals surface area contributed by atoms with E-state index in [2.05, 4.69) is 0 Å². The highest BCUT2D eigenvalue weighted by molar-refractivity contribution is 6.20. The molecule has 22 heavy (non-hydrogen) atoms. The first-order valence-corrected chi connectivity index (χ1v) is 6.21. The lowest BCUT2D eigenvalue weighted by Gasteiger charge is -2.32. The minimum Gasteiger partial charge on any atom is -0.492 e. The number of imide groups is 1. The molecule has 2 rings (SSSR count). The summed E-state index contributed by atoms with van der Waals surface area (Å²) >= 11 is 0. The molecule has 0 fully saturated rings. The number of ether oxygens (including phenoxy) is 3. The van der Waals surface area contributed by atoms with Gasteiger partial charge in [-0.15, -0.1) is 0 Å². The number of carbonyl (C=O) groups excluding carboxylic acids is 3. The number of likely N-dealkylation sites (N-methyl/N-ethyl adjacent to an activating group) is 2. The second kappa shape index (κ2) is 5.02. The Morgan fingerprint density at radius 3 is 1.86 bits per heavy atom. The highest BCUT2D eigenvalue weighted by atomic mass is 16.5. The van der Waals surface area contributed by atoms with Gasteiger partial charge in [0.25, 0.3) is 17.7 Å².